The zero-order valence-corrected chi connectivity index (χ0v) is 50.6. The number of imidazole rings is 2. The molecule has 0 spiro atoms. The zero-order valence-electron chi connectivity index (χ0n) is 47.3. The lowest BCUT2D eigenvalue weighted by molar-refractivity contribution is -0.201. The number of anilines is 2. The normalized spacial score (nSPS) is 26.1. The SMILES string of the molecule is CC(C)(C)COC(=O)OCOP(=O)(O)COC[C@H]1O[C@@H](n2cnc3c(NC4CCCC4)nc(Cl)nc32)[C@@H]2OC(C)(C)O[C@@H]21.CC(C)(C)COC(=O)OCOP(=O)(O)COC[C@H]1O[C@@H](n2cnc3c(NC4CCCC4)nc(Cl)nc32)[C@H](O)[C@@H]1O. The van der Waals surface area contributed by atoms with Gasteiger partial charge in [-0.05, 0) is 73.6 Å². The highest BCUT2D eigenvalue weighted by Crippen LogP contribution is 2.47. The number of rotatable bonds is 22. The van der Waals surface area contributed by atoms with Crippen molar-refractivity contribution in [2.24, 2.45) is 10.8 Å². The van der Waals surface area contributed by atoms with Gasteiger partial charge in [-0.2, -0.15) is 19.9 Å². The van der Waals surface area contributed by atoms with Gasteiger partial charge in [-0.25, -0.2) is 19.6 Å². The van der Waals surface area contributed by atoms with Crippen LogP contribution in [0, 0.1) is 10.8 Å². The Bertz CT molecular complexity index is 2960. The highest BCUT2D eigenvalue weighted by molar-refractivity contribution is 7.52. The van der Waals surface area contributed by atoms with Gasteiger partial charge in [0.25, 0.3) is 0 Å². The summed E-state index contributed by atoms with van der Waals surface area (Å²) in [5.74, 6) is 0.116. The second-order valence-corrected chi connectivity index (χ2v) is 27.8. The van der Waals surface area contributed by atoms with E-state index in [9.17, 15) is 38.7 Å². The Morgan fingerprint density at radius 1 is 0.651 bits per heavy atom. The second kappa shape index (κ2) is 27.2. The molecule has 0 bridgehead atoms. The van der Waals surface area contributed by atoms with Gasteiger partial charge in [0.2, 0.25) is 24.2 Å². The van der Waals surface area contributed by atoms with Crippen LogP contribution in [0.25, 0.3) is 22.3 Å². The molecule has 4 aromatic rings. The first-order chi connectivity index (χ1) is 39.0. The lowest BCUT2D eigenvalue weighted by Gasteiger charge is -2.25. The molecule has 10 atom stereocenters. The third-order valence-corrected chi connectivity index (χ3v) is 15.7. The Labute approximate surface area is 488 Å². The number of aromatic nitrogens is 8. The van der Waals surface area contributed by atoms with Crippen LogP contribution in [-0.2, 0) is 65.5 Å². The third kappa shape index (κ3) is 18.0. The minimum Gasteiger partial charge on any atom is -0.434 e. The summed E-state index contributed by atoms with van der Waals surface area (Å²) in [6.07, 6.45) is 0.691. The van der Waals surface area contributed by atoms with Gasteiger partial charge >= 0.3 is 27.5 Å². The molecule has 0 aromatic carbocycles. The Hall–Kier alpha value is -4.20. The number of hydrogen-bond donors (Lipinski definition) is 6. The number of aliphatic hydroxyl groups excluding tert-OH is 2. The first-order valence-electron chi connectivity index (χ1n) is 27.1. The van der Waals surface area contributed by atoms with Gasteiger partial charge in [-0.1, -0.05) is 67.2 Å². The molecule has 2 saturated carbocycles. The molecule has 2 aliphatic carbocycles. The van der Waals surface area contributed by atoms with Crippen LogP contribution < -0.4 is 10.6 Å². The molecule has 0 radical (unpaired) electrons. The van der Waals surface area contributed by atoms with Crippen molar-refractivity contribution in [2.75, 3.05) is 63.3 Å². The van der Waals surface area contributed by atoms with Crippen molar-refractivity contribution < 1.29 is 95.1 Å². The maximum absolute atomic E-state index is 12.4. The van der Waals surface area contributed by atoms with E-state index < -0.39 is 109 Å². The van der Waals surface area contributed by atoms with Crippen LogP contribution in [-0.4, -0.2) is 179 Å². The first kappa shape index (κ1) is 64.8. The predicted octanol–water partition coefficient (Wildman–Crippen LogP) is 7.37. The molecular weight excluding hydrogens is 1180 g/mol. The molecule has 4 aromatic heterocycles. The number of carbonyl (C=O) groups is 2. The van der Waals surface area contributed by atoms with Gasteiger partial charge < -0.3 is 78.0 Å². The minimum atomic E-state index is -4.32. The molecule has 464 valence electrons. The summed E-state index contributed by atoms with van der Waals surface area (Å²) in [6.45, 7) is 12.9. The maximum Gasteiger partial charge on any atom is 0.510 e. The average Bonchev–Trinajstić information content (AvgIpc) is 2.70. The summed E-state index contributed by atoms with van der Waals surface area (Å²) in [5.41, 5.74) is 1.22. The largest absolute Gasteiger partial charge is 0.510 e. The fourth-order valence-electron chi connectivity index (χ4n) is 9.59. The molecule has 6 N–H and O–H groups in total. The van der Waals surface area contributed by atoms with Gasteiger partial charge in [0.1, 0.15) is 49.3 Å². The van der Waals surface area contributed by atoms with Crippen LogP contribution in [0.15, 0.2) is 12.7 Å². The molecular formula is C49H74Cl2N10O20P2. The van der Waals surface area contributed by atoms with Crippen molar-refractivity contribution in [2.45, 2.75) is 174 Å². The highest BCUT2D eigenvalue weighted by atomic mass is 35.5. The topological polar surface area (TPSA) is 371 Å². The van der Waals surface area contributed by atoms with Gasteiger partial charge in [0, 0.05) is 12.1 Å². The molecule has 7 heterocycles. The van der Waals surface area contributed by atoms with E-state index in [0.717, 1.165) is 51.4 Å². The van der Waals surface area contributed by atoms with Crippen molar-refractivity contribution in [1.29, 1.82) is 0 Å². The van der Waals surface area contributed by atoms with E-state index in [1.807, 2.05) is 41.5 Å². The Kier molecular flexibility index (Phi) is 21.3. The van der Waals surface area contributed by atoms with Crippen molar-refractivity contribution in [3.05, 3.63) is 23.2 Å². The second-order valence-electron chi connectivity index (χ2n) is 23.5. The number of nitrogens with zero attached hydrogens (tertiary/aromatic N) is 8. The van der Waals surface area contributed by atoms with E-state index in [-0.39, 0.29) is 53.9 Å². The zero-order chi connectivity index (χ0) is 60.1. The molecule has 3 aliphatic heterocycles. The van der Waals surface area contributed by atoms with Crippen LogP contribution in [0.3, 0.4) is 0 Å². The lowest BCUT2D eigenvalue weighted by atomic mass is 9.99. The highest BCUT2D eigenvalue weighted by Gasteiger charge is 2.56. The molecule has 2 unspecified atom stereocenters. The first-order valence-corrected chi connectivity index (χ1v) is 31.3. The fraction of sp³-hybridized carbons (Fsp3) is 0.755. The Balaban J connectivity index is 0.000000217. The van der Waals surface area contributed by atoms with Gasteiger partial charge in [0.15, 0.2) is 52.2 Å². The fourth-order valence-corrected chi connectivity index (χ4v) is 11.2. The summed E-state index contributed by atoms with van der Waals surface area (Å²) >= 11 is 12.5. The van der Waals surface area contributed by atoms with Crippen molar-refractivity contribution in [1.82, 2.24) is 39.0 Å². The number of fused-ring (bicyclic) bond motifs is 3. The maximum atomic E-state index is 12.4. The van der Waals surface area contributed by atoms with E-state index in [1.165, 1.54) is 10.9 Å². The van der Waals surface area contributed by atoms with Crippen LogP contribution in [0.2, 0.25) is 10.6 Å². The third-order valence-electron chi connectivity index (χ3n) is 13.4. The molecule has 9 rings (SSSR count). The van der Waals surface area contributed by atoms with E-state index in [0.29, 0.717) is 40.0 Å². The number of ether oxygens (including phenoxy) is 10. The van der Waals surface area contributed by atoms with E-state index in [4.69, 9.17) is 74.9 Å². The van der Waals surface area contributed by atoms with Gasteiger partial charge in [0.05, 0.1) is 39.1 Å². The smallest absolute Gasteiger partial charge is 0.434 e. The molecule has 3 saturated heterocycles. The average molecular weight is 1260 g/mol. The quantitative estimate of drug-likeness (QED) is 0.0193. The Morgan fingerprint density at radius 2 is 1.07 bits per heavy atom. The van der Waals surface area contributed by atoms with Crippen molar-refractivity contribution >= 4 is 84.7 Å². The molecule has 5 fully saturated rings. The molecule has 30 nitrogen and oxygen atoms in total. The minimum absolute atomic E-state index is 0.0205. The van der Waals surface area contributed by atoms with Crippen molar-refractivity contribution in [3.8, 4) is 0 Å². The van der Waals surface area contributed by atoms with Crippen LogP contribution in [0.1, 0.15) is 119 Å². The van der Waals surface area contributed by atoms with E-state index in [2.05, 4.69) is 45.3 Å². The number of halogens is 2. The number of nitrogens with one attached hydrogen (secondary N) is 2. The predicted molar refractivity (Wildman–Crippen MR) is 293 cm³/mol. The summed E-state index contributed by atoms with van der Waals surface area (Å²) in [5, 5.41) is 28.1. The molecule has 34 heteroatoms. The summed E-state index contributed by atoms with van der Waals surface area (Å²) in [6, 6.07) is 0.539. The monoisotopic (exact) mass is 1250 g/mol. The van der Waals surface area contributed by atoms with Gasteiger partial charge in [-0.15, -0.1) is 0 Å². The molecule has 0 amide bonds. The summed E-state index contributed by atoms with van der Waals surface area (Å²) in [4.78, 5) is 69.5. The number of hydrogen-bond acceptors (Lipinski definition) is 26. The number of aliphatic hydroxyl groups is 2. The van der Waals surface area contributed by atoms with Crippen LogP contribution in [0.4, 0.5) is 21.2 Å². The molecule has 5 aliphatic rings. The van der Waals surface area contributed by atoms with E-state index >= 15 is 0 Å². The van der Waals surface area contributed by atoms with Crippen LogP contribution >= 0.6 is 38.4 Å². The summed E-state index contributed by atoms with van der Waals surface area (Å²) in [7, 11) is -8.59. The van der Waals surface area contributed by atoms with Gasteiger partial charge in [-0.3, -0.25) is 27.3 Å². The lowest BCUT2D eigenvalue weighted by Crippen LogP contribution is -2.34. The van der Waals surface area contributed by atoms with Crippen molar-refractivity contribution in [3.63, 3.8) is 0 Å². The molecule has 83 heavy (non-hydrogen) atoms. The number of carbonyl (C=O) groups excluding carboxylic acids is 2. The summed E-state index contributed by atoms with van der Waals surface area (Å²) < 4.78 is 91.6. The Morgan fingerprint density at radius 3 is 1.53 bits per heavy atom. The van der Waals surface area contributed by atoms with E-state index in [1.54, 1.807) is 24.7 Å². The standard InChI is InChI=1S/C26H39ClN5O10P.C23H35ClN5O10P/c1-25(2,3)11-37-24(33)38-13-39-43(34,35)14-36-10-16-18-19(42-26(4,5)41-18)22(40-16)32-12-28-17-20(29-15-8-6-7-9-15)30-23(27)31-21(17)32;1-23(2,3)9-36-22(32)37-11-38-40(33,34)12-35-8-14-16(30)17(31)20(39-14)29-10-25-15-18(26-13-6-4-5-7-13)27-21(24)28-19(15)29/h12,15-16,18-19,22H,6-11,13-14H2,1-5H3,(H,34,35)(H,29,30,31);10,13-14,16-17,20,30-31H,4-9,11-12H2,1-3H3,(H,33,34)(H,26,27,28)/t16-,18-,19-,22-;14-,16-,17-,20-/m11/s1. The van der Waals surface area contributed by atoms with Crippen LogP contribution in [0.5, 0.6) is 0 Å².